The molecule has 1 aliphatic rings. The monoisotopic (exact) mass is 184 g/mol. The summed E-state index contributed by atoms with van der Waals surface area (Å²) >= 11 is 1.36. The minimum Gasteiger partial charge on any atom is -0.286 e. The van der Waals surface area contributed by atoms with E-state index in [1.165, 1.54) is 30.2 Å². The Bertz CT molecular complexity index is 216. The van der Waals surface area contributed by atoms with Crippen LogP contribution in [-0.4, -0.2) is 5.12 Å². The third-order valence-electron chi connectivity index (χ3n) is 2.42. The Kier molecular flexibility index (Phi) is 2.99. The minimum absolute atomic E-state index is 0.195. The summed E-state index contributed by atoms with van der Waals surface area (Å²) in [4.78, 5) is 11.4. The van der Waals surface area contributed by atoms with E-state index in [4.69, 9.17) is 0 Å². The molecular weight excluding hydrogens is 168 g/mol. The molecule has 68 valence electrons. The van der Waals surface area contributed by atoms with E-state index in [0.29, 0.717) is 5.12 Å². The lowest BCUT2D eigenvalue weighted by atomic mass is 9.84. The molecule has 0 radical (unpaired) electrons. The van der Waals surface area contributed by atoms with Crippen LogP contribution in [0.3, 0.4) is 0 Å². The van der Waals surface area contributed by atoms with E-state index >= 15 is 0 Å². The average molecular weight is 184 g/mol. The molecule has 1 heterocycles. The Morgan fingerprint density at radius 2 is 2.17 bits per heavy atom. The fourth-order valence-electron chi connectivity index (χ4n) is 1.29. The molecule has 1 aliphatic heterocycles. The molecular formula is C10H16OS. The molecule has 0 unspecified atom stereocenters. The van der Waals surface area contributed by atoms with E-state index in [-0.39, 0.29) is 5.41 Å². The van der Waals surface area contributed by atoms with Crippen molar-refractivity contribution in [2.75, 3.05) is 0 Å². The Labute approximate surface area is 78.6 Å². The van der Waals surface area contributed by atoms with Crippen LogP contribution in [0.5, 0.6) is 0 Å². The molecule has 0 saturated carbocycles. The van der Waals surface area contributed by atoms with Crippen LogP contribution in [0.2, 0.25) is 0 Å². The quantitative estimate of drug-likeness (QED) is 0.669. The molecule has 1 rings (SSSR count). The number of carbonyl (C=O) groups excluding carboxylic acids is 1. The van der Waals surface area contributed by atoms with Crippen LogP contribution < -0.4 is 0 Å². The SMILES string of the molecule is CCCCC1=CSC(=O)C1(C)C. The summed E-state index contributed by atoms with van der Waals surface area (Å²) in [5, 5.41) is 2.34. The van der Waals surface area contributed by atoms with Crippen molar-refractivity contribution in [2.45, 2.75) is 40.0 Å². The average Bonchev–Trinajstić information content (AvgIpc) is 2.25. The molecule has 0 aromatic carbocycles. The van der Waals surface area contributed by atoms with Gasteiger partial charge in [-0.3, -0.25) is 4.79 Å². The van der Waals surface area contributed by atoms with Gasteiger partial charge in [0.1, 0.15) is 0 Å². The first-order valence-corrected chi connectivity index (χ1v) is 5.37. The number of allylic oxidation sites excluding steroid dienone is 1. The summed E-state index contributed by atoms with van der Waals surface area (Å²) in [6.07, 6.45) is 3.48. The Morgan fingerprint density at radius 1 is 1.50 bits per heavy atom. The zero-order valence-corrected chi connectivity index (χ0v) is 8.83. The second-order valence-electron chi connectivity index (χ2n) is 3.78. The largest absolute Gasteiger partial charge is 0.286 e. The smallest absolute Gasteiger partial charge is 0.202 e. The highest BCUT2D eigenvalue weighted by molar-refractivity contribution is 8.16. The zero-order chi connectivity index (χ0) is 9.19. The van der Waals surface area contributed by atoms with Gasteiger partial charge in [0.25, 0.3) is 0 Å². The van der Waals surface area contributed by atoms with Crippen LogP contribution in [0.15, 0.2) is 11.0 Å². The molecule has 12 heavy (non-hydrogen) atoms. The van der Waals surface area contributed by atoms with Gasteiger partial charge in [-0.25, -0.2) is 0 Å². The standard InChI is InChI=1S/C10H16OS/c1-4-5-6-8-7-12-9(11)10(8,2)3/h7H,4-6H2,1-3H3. The van der Waals surface area contributed by atoms with Crippen molar-refractivity contribution in [2.24, 2.45) is 5.41 Å². The molecule has 0 amide bonds. The van der Waals surface area contributed by atoms with Crippen LogP contribution in [0, 0.1) is 5.41 Å². The van der Waals surface area contributed by atoms with Gasteiger partial charge in [-0.05, 0) is 37.7 Å². The molecule has 0 aromatic heterocycles. The fraction of sp³-hybridized carbons (Fsp3) is 0.700. The number of rotatable bonds is 3. The molecule has 0 aliphatic carbocycles. The van der Waals surface area contributed by atoms with Gasteiger partial charge >= 0.3 is 0 Å². The van der Waals surface area contributed by atoms with Crippen molar-refractivity contribution in [1.82, 2.24) is 0 Å². The van der Waals surface area contributed by atoms with Gasteiger partial charge in [-0.2, -0.15) is 0 Å². The predicted octanol–water partition coefficient (Wildman–Crippen LogP) is 3.36. The van der Waals surface area contributed by atoms with Crippen LogP contribution in [0.25, 0.3) is 0 Å². The van der Waals surface area contributed by atoms with E-state index in [9.17, 15) is 4.79 Å². The number of carbonyl (C=O) groups is 1. The van der Waals surface area contributed by atoms with E-state index in [1.54, 1.807) is 0 Å². The van der Waals surface area contributed by atoms with Crippen molar-refractivity contribution < 1.29 is 4.79 Å². The first-order valence-electron chi connectivity index (χ1n) is 4.49. The van der Waals surface area contributed by atoms with E-state index in [1.807, 2.05) is 19.3 Å². The molecule has 0 fully saturated rings. The van der Waals surface area contributed by atoms with Crippen LogP contribution >= 0.6 is 11.8 Å². The third-order valence-corrected chi connectivity index (χ3v) is 3.55. The molecule has 0 spiro atoms. The molecule has 0 atom stereocenters. The maximum absolute atomic E-state index is 11.4. The highest BCUT2D eigenvalue weighted by Gasteiger charge is 2.35. The van der Waals surface area contributed by atoms with E-state index in [2.05, 4.69) is 6.92 Å². The van der Waals surface area contributed by atoms with Gasteiger partial charge in [0, 0.05) is 0 Å². The van der Waals surface area contributed by atoms with Gasteiger partial charge in [0.15, 0.2) is 0 Å². The topological polar surface area (TPSA) is 17.1 Å². The molecule has 0 aromatic rings. The molecule has 1 nitrogen and oxygen atoms in total. The number of hydrogen-bond donors (Lipinski definition) is 0. The first-order chi connectivity index (χ1) is 5.59. The lowest BCUT2D eigenvalue weighted by molar-refractivity contribution is -0.116. The van der Waals surface area contributed by atoms with Crippen molar-refractivity contribution in [3.05, 3.63) is 11.0 Å². The lowest BCUT2D eigenvalue weighted by Gasteiger charge is -2.19. The second kappa shape index (κ2) is 3.65. The number of unbranched alkanes of at least 4 members (excludes halogenated alkanes) is 1. The second-order valence-corrected chi connectivity index (χ2v) is 4.62. The molecule has 0 saturated heterocycles. The first kappa shape index (κ1) is 9.85. The van der Waals surface area contributed by atoms with Crippen molar-refractivity contribution >= 4 is 16.9 Å². The number of hydrogen-bond acceptors (Lipinski definition) is 2. The van der Waals surface area contributed by atoms with Crippen LogP contribution in [0.1, 0.15) is 40.0 Å². The summed E-state index contributed by atoms with van der Waals surface area (Å²) in [6, 6.07) is 0. The highest BCUT2D eigenvalue weighted by Crippen LogP contribution is 2.42. The number of thioether (sulfide) groups is 1. The highest BCUT2D eigenvalue weighted by atomic mass is 32.2. The van der Waals surface area contributed by atoms with Gasteiger partial charge in [0.2, 0.25) is 5.12 Å². The summed E-state index contributed by atoms with van der Waals surface area (Å²) in [5.41, 5.74) is 1.12. The van der Waals surface area contributed by atoms with E-state index < -0.39 is 0 Å². The Morgan fingerprint density at radius 3 is 2.58 bits per heavy atom. The molecule has 2 heteroatoms. The normalized spacial score (nSPS) is 21.2. The van der Waals surface area contributed by atoms with Crippen molar-refractivity contribution in [3.8, 4) is 0 Å². The van der Waals surface area contributed by atoms with Crippen LogP contribution in [0.4, 0.5) is 0 Å². The zero-order valence-electron chi connectivity index (χ0n) is 8.02. The summed E-state index contributed by atoms with van der Waals surface area (Å²) in [7, 11) is 0. The van der Waals surface area contributed by atoms with Gasteiger partial charge in [0.05, 0.1) is 5.41 Å². The molecule has 0 N–H and O–H groups in total. The van der Waals surface area contributed by atoms with E-state index in [0.717, 1.165) is 6.42 Å². The Balaban J connectivity index is 2.60. The lowest BCUT2D eigenvalue weighted by Crippen LogP contribution is -2.19. The van der Waals surface area contributed by atoms with Crippen molar-refractivity contribution in [3.63, 3.8) is 0 Å². The summed E-state index contributed by atoms with van der Waals surface area (Å²) in [6.45, 7) is 6.23. The molecule has 0 bridgehead atoms. The fourth-order valence-corrected chi connectivity index (χ4v) is 2.38. The minimum atomic E-state index is -0.195. The maximum atomic E-state index is 11.4. The Hall–Kier alpha value is -0.240. The predicted molar refractivity (Wildman–Crippen MR) is 54.0 cm³/mol. The van der Waals surface area contributed by atoms with Crippen molar-refractivity contribution in [1.29, 1.82) is 0 Å². The third kappa shape index (κ3) is 1.74. The van der Waals surface area contributed by atoms with Gasteiger partial charge in [-0.15, -0.1) is 0 Å². The van der Waals surface area contributed by atoms with Gasteiger partial charge in [-0.1, -0.05) is 25.1 Å². The van der Waals surface area contributed by atoms with Crippen LogP contribution in [-0.2, 0) is 4.79 Å². The summed E-state index contributed by atoms with van der Waals surface area (Å²) in [5.74, 6) is 0. The maximum Gasteiger partial charge on any atom is 0.202 e. The van der Waals surface area contributed by atoms with Gasteiger partial charge < -0.3 is 0 Å². The summed E-state index contributed by atoms with van der Waals surface area (Å²) < 4.78 is 0.